The molecule has 2 N–H and O–H groups in total. The highest BCUT2D eigenvalue weighted by molar-refractivity contribution is 6.02. The number of nitrogens with one attached hydrogen (secondary N) is 2. The molecule has 4 aromatic rings. The van der Waals surface area contributed by atoms with Gasteiger partial charge in [-0.25, -0.2) is 19.7 Å². The number of hydrogen-bond donors (Lipinski definition) is 2. The van der Waals surface area contributed by atoms with E-state index in [9.17, 15) is 9.59 Å². The second-order valence-corrected chi connectivity index (χ2v) is 8.30. The lowest BCUT2D eigenvalue weighted by molar-refractivity contribution is 0.0805. The SMILES string of the molecule is C.CCOC(=O)Nc1nc2c(-c3ncccn3)cc(-c3ccc4c(c3)C(=O)N(C)CCN4C)cc2[nH]1. The number of hydrogen-bond acceptors (Lipinski definition) is 7. The van der Waals surface area contributed by atoms with E-state index in [1.54, 1.807) is 30.3 Å². The summed E-state index contributed by atoms with van der Waals surface area (Å²) in [5.74, 6) is 0.744. The van der Waals surface area contributed by atoms with Crippen LogP contribution in [0.3, 0.4) is 0 Å². The summed E-state index contributed by atoms with van der Waals surface area (Å²) in [6.07, 6.45) is 2.73. The second kappa shape index (κ2) is 10.0. The van der Waals surface area contributed by atoms with E-state index in [0.29, 0.717) is 34.5 Å². The molecular weight excluding hydrogens is 458 g/mol. The Morgan fingerprint density at radius 1 is 1.06 bits per heavy atom. The number of nitrogens with zero attached hydrogens (tertiary/aromatic N) is 5. The van der Waals surface area contributed by atoms with Gasteiger partial charge >= 0.3 is 6.09 Å². The third-order valence-corrected chi connectivity index (χ3v) is 5.98. The molecular formula is C26H29N7O3. The summed E-state index contributed by atoms with van der Waals surface area (Å²) in [5.41, 5.74) is 5.27. The average molecular weight is 488 g/mol. The van der Waals surface area contributed by atoms with Gasteiger partial charge in [0.2, 0.25) is 5.95 Å². The fraction of sp³-hybridized carbons (Fsp3) is 0.269. The lowest BCUT2D eigenvalue weighted by atomic mass is 9.98. The lowest BCUT2D eigenvalue weighted by Gasteiger charge is -2.18. The van der Waals surface area contributed by atoms with Gasteiger partial charge in [-0.3, -0.25) is 10.1 Å². The second-order valence-electron chi connectivity index (χ2n) is 8.30. The molecule has 1 aliphatic heterocycles. The van der Waals surface area contributed by atoms with Gasteiger partial charge in [-0.05, 0) is 48.4 Å². The zero-order chi connectivity index (χ0) is 24.5. The maximum absolute atomic E-state index is 13.0. The Hall–Kier alpha value is -4.47. The average Bonchev–Trinajstić information content (AvgIpc) is 3.24. The number of amides is 2. The molecule has 186 valence electrons. The van der Waals surface area contributed by atoms with E-state index in [-0.39, 0.29) is 25.9 Å². The molecule has 0 spiro atoms. The van der Waals surface area contributed by atoms with Gasteiger partial charge in [0.15, 0.2) is 5.82 Å². The van der Waals surface area contributed by atoms with Crippen molar-refractivity contribution in [1.82, 2.24) is 24.8 Å². The lowest BCUT2D eigenvalue weighted by Crippen LogP contribution is -2.29. The van der Waals surface area contributed by atoms with E-state index in [1.807, 2.05) is 44.4 Å². The first-order valence-corrected chi connectivity index (χ1v) is 11.3. The maximum atomic E-state index is 13.0. The van der Waals surface area contributed by atoms with Gasteiger partial charge in [-0.15, -0.1) is 0 Å². The molecule has 0 unspecified atom stereocenters. The highest BCUT2D eigenvalue weighted by atomic mass is 16.5. The van der Waals surface area contributed by atoms with E-state index in [4.69, 9.17) is 4.74 Å². The van der Waals surface area contributed by atoms with Crippen LogP contribution >= 0.6 is 0 Å². The van der Waals surface area contributed by atoms with Gasteiger partial charge < -0.3 is 19.5 Å². The number of carbonyl (C=O) groups is 2. The summed E-state index contributed by atoms with van der Waals surface area (Å²) >= 11 is 0. The van der Waals surface area contributed by atoms with Crippen LogP contribution in [0.15, 0.2) is 48.8 Å². The van der Waals surface area contributed by atoms with Crippen molar-refractivity contribution in [2.24, 2.45) is 0 Å². The van der Waals surface area contributed by atoms with Crippen LogP contribution in [0.2, 0.25) is 0 Å². The van der Waals surface area contributed by atoms with Crippen LogP contribution in [-0.2, 0) is 4.74 Å². The number of rotatable bonds is 4. The van der Waals surface area contributed by atoms with Crippen LogP contribution < -0.4 is 10.2 Å². The van der Waals surface area contributed by atoms with Gasteiger partial charge in [-0.1, -0.05) is 13.5 Å². The van der Waals surface area contributed by atoms with E-state index in [0.717, 1.165) is 23.4 Å². The largest absolute Gasteiger partial charge is 0.450 e. The van der Waals surface area contributed by atoms with Crippen LogP contribution in [0, 0.1) is 0 Å². The highest BCUT2D eigenvalue weighted by Gasteiger charge is 2.23. The van der Waals surface area contributed by atoms with Crippen LogP contribution in [-0.4, -0.2) is 70.6 Å². The summed E-state index contributed by atoms with van der Waals surface area (Å²) in [7, 11) is 3.81. The minimum Gasteiger partial charge on any atom is -0.450 e. The number of anilines is 2. The monoisotopic (exact) mass is 487 g/mol. The topological polar surface area (TPSA) is 116 Å². The molecule has 10 heteroatoms. The van der Waals surface area contributed by atoms with Crippen LogP contribution in [0.4, 0.5) is 16.4 Å². The zero-order valence-corrected chi connectivity index (χ0v) is 19.7. The Balaban J connectivity index is 0.00000304. The molecule has 0 aliphatic carbocycles. The minimum atomic E-state index is -0.596. The third kappa shape index (κ3) is 4.57. The van der Waals surface area contributed by atoms with Gasteiger partial charge in [0.1, 0.15) is 5.52 Å². The molecule has 3 heterocycles. The molecule has 36 heavy (non-hydrogen) atoms. The normalized spacial score (nSPS) is 13.1. The number of aromatic nitrogens is 4. The molecule has 2 aromatic heterocycles. The smallest absolute Gasteiger partial charge is 0.413 e. The fourth-order valence-electron chi connectivity index (χ4n) is 4.16. The Morgan fingerprint density at radius 3 is 2.53 bits per heavy atom. The summed E-state index contributed by atoms with van der Waals surface area (Å²) in [5, 5.41) is 2.61. The van der Waals surface area contributed by atoms with E-state index < -0.39 is 6.09 Å². The molecule has 0 radical (unpaired) electrons. The first-order valence-electron chi connectivity index (χ1n) is 11.3. The van der Waals surface area contributed by atoms with Crippen molar-refractivity contribution in [3.05, 3.63) is 54.4 Å². The summed E-state index contributed by atoms with van der Waals surface area (Å²) in [6, 6.07) is 11.5. The molecule has 0 saturated heterocycles. The first kappa shape index (κ1) is 24.6. The standard InChI is InChI=1S/C25H25N7O3.CH4/c1-4-35-25(34)30-24-28-19-14-16(13-18(21(19)29-24)22-26-8-5-9-27-22)15-6-7-20-17(12-15)23(33)32(3)11-10-31(20)2;/h5-9,12-14H,4,10-11H2,1-3H3,(H2,28,29,30,34);1H4. The molecule has 0 fully saturated rings. The number of likely N-dealkylation sites (N-methyl/N-ethyl adjacent to an activating group) is 2. The number of imidazole rings is 1. The van der Waals surface area contributed by atoms with Crippen LogP contribution in [0.5, 0.6) is 0 Å². The van der Waals surface area contributed by atoms with Gasteiger partial charge in [0.25, 0.3) is 5.91 Å². The third-order valence-electron chi connectivity index (χ3n) is 5.98. The van der Waals surface area contributed by atoms with Crippen molar-refractivity contribution < 1.29 is 14.3 Å². The van der Waals surface area contributed by atoms with Crippen LogP contribution in [0.1, 0.15) is 24.7 Å². The predicted molar refractivity (Wildman–Crippen MR) is 140 cm³/mol. The van der Waals surface area contributed by atoms with Crippen molar-refractivity contribution in [3.63, 3.8) is 0 Å². The number of benzene rings is 2. The molecule has 0 bridgehead atoms. The van der Waals surface area contributed by atoms with Crippen LogP contribution in [0.25, 0.3) is 33.5 Å². The van der Waals surface area contributed by atoms with Crippen molar-refractivity contribution in [3.8, 4) is 22.5 Å². The molecule has 0 atom stereocenters. The van der Waals surface area contributed by atoms with Gasteiger partial charge in [0, 0.05) is 50.8 Å². The Morgan fingerprint density at radius 2 is 1.78 bits per heavy atom. The van der Waals surface area contributed by atoms with Crippen molar-refractivity contribution in [2.75, 3.05) is 44.0 Å². The summed E-state index contributed by atoms with van der Waals surface area (Å²) in [6.45, 7) is 3.41. The van der Waals surface area contributed by atoms with Gasteiger partial charge in [-0.2, -0.15) is 0 Å². The zero-order valence-electron chi connectivity index (χ0n) is 19.7. The van der Waals surface area contributed by atoms with Crippen molar-refractivity contribution in [1.29, 1.82) is 0 Å². The van der Waals surface area contributed by atoms with Crippen molar-refractivity contribution >= 4 is 34.7 Å². The molecule has 0 saturated carbocycles. The first-order chi connectivity index (χ1) is 16.9. The number of carbonyl (C=O) groups excluding carboxylic acids is 2. The number of ether oxygens (including phenoxy) is 1. The number of aromatic amines is 1. The van der Waals surface area contributed by atoms with Gasteiger partial charge in [0.05, 0.1) is 17.7 Å². The number of H-pyrrole nitrogens is 1. The molecule has 1 aliphatic rings. The summed E-state index contributed by atoms with van der Waals surface area (Å²) < 4.78 is 4.97. The molecule has 2 aromatic carbocycles. The van der Waals surface area contributed by atoms with Crippen molar-refractivity contribution in [2.45, 2.75) is 14.4 Å². The Labute approximate surface area is 209 Å². The van der Waals surface area contributed by atoms with E-state index >= 15 is 0 Å². The minimum absolute atomic E-state index is 0. The maximum Gasteiger partial charge on any atom is 0.413 e. The predicted octanol–water partition coefficient (Wildman–Crippen LogP) is 4.41. The highest BCUT2D eigenvalue weighted by Crippen LogP contribution is 2.35. The van der Waals surface area contributed by atoms with E-state index in [1.165, 1.54) is 0 Å². The molecule has 2 amide bonds. The Bertz CT molecular complexity index is 1420. The van der Waals surface area contributed by atoms with E-state index in [2.05, 4.69) is 30.2 Å². The summed E-state index contributed by atoms with van der Waals surface area (Å²) in [4.78, 5) is 45.3. The Kier molecular flexibility index (Phi) is 6.86. The molecule has 5 rings (SSSR count). The fourth-order valence-corrected chi connectivity index (χ4v) is 4.16. The number of fused-ring (bicyclic) bond motifs is 2. The quantitative estimate of drug-likeness (QED) is 0.438. The molecule has 10 nitrogen and oxygen atoms in total.